The first-order valence-electron chi connectivity index (χ1n) is 5.05. The smallest absolute Gasteiger partial charge is 0.235 e. The van der Waals surface area contributed by atoms with Gasteiger partial charge < -0.3 is 16.8 Å². The Labute approximate surface area is 90.0 Å². The van der Waals surface area contributed by atoms with E-state index in [2.05, 4.69) is 5.32 Å². The van der Waals surface area contributed by atoms with Crippen LogP contribution >= 0.6 is 0 Å². The Morgan fingerprint density at radius 3 is 2.40 bits per heavy atom. The largest absolute Gasteiger partial charge is 0.368 e. The summed E-state index contributed by atoms with van der Waals surface area (Å²) in [6.07, 6.45) is 0. The van der Waals surface area contributed by atoms with Crippen LogP contribution in [-0.2, 0) is 9.59 Å². The molecule has 0 aromatic rings. The molecule has 0 saturated heterocycles. The molecule has 5 N–H and O–H groups in total. The second kappa shape index (κ2) is 7.19. The van der Waals surface area contributed by atoms with Crippen LogP contribution < -0.4 is 16.8 Å². The Balaban J connectivity index is 4.02. The van der Waals surface area contributed by atoms with Crippen LogP contribution in [0.2, 0.25) is 0 Å². The average molecular weight is 216 g/mol. The van der Waals surface area contributed by atoms with Crippen molar-refractivity contribution in [3.63, 3.8) is 0 Å². The van der Waals surface area contributed by atoms with Crippen LogP contribution in [0.25, 0.3) is 0 Å². The first-order chi connectivity index (χ1) is 7.01. The van der Waals surface area contributed by atoms with E-state index in [4.69, 9.17) is 11.5 Å². The summed E-state index contributed by atoms with van der Waals surface area (Å²) in [5, 5.41) is 2.68. The molecule has 1 unspecified atom stereocenters. The second-order valence-corrected chi connectivity index (χ2v) is 3.29. The number of hydrogen-bond acceptors (Lipinski definition) is 4. The van der Waals surface area contributed by atoms with Gasteiger partial charge in [-0.05, 0) is 13.5 Å². The Kier molecular flexibility index (Phi) is 6.64. The molecule has 0 aliphatic heterocycles. The van der Waals surface area contributed by atoms with Gasteiger partial charge >= 0.3 is 0 Å². The molecule has 0 radical (unpaired) electrons. The molecular formula is C9H20N4O2. The van der Waals surface area contributed by atoms with E-state index >= 15 is 0 Å². The second-order valence-electron chi connectivity index (χ2n) is 3.29. The third-order valence-corrected chi connectivity index (χ3v) is 2.01. The molecule has 6 heteroatoms. The summed E-state index contributed by atoms with van der Waals surface area (Å²) in [6.45, 7) is 5.54. The van der Waals surface area contributed by atoms with Crippen molar-refractivity contribution >= 4 is 11.8 Å². The minimum absolute atomic E-state index is 0.0731. The molecule has 6 nitrogen and oxygen atoms in total. The Morgan fingerprint density at radius 2 is 2.00 bits per heavy atom. The van der Waals surface area contributed by atoms with Crippen molar-refractivity contribution in [2.75, 3.05) is 26.2 Å². The van der Waals surface area contributed by atoms with E-state index in [1.54, 1.807) is 4.90 Å². The molecule has 0 aromatic heterocycles. The standard InChI is InChI=1S/C9H20N4O2/c1-3-12-8(14)6-13(4-2)5-7(10)9(11)15/h7H,3-6,10H2,1-2H3,(H2,11,15)(H,12,14). The lowest BCUT2D eigenvalue weighted by Crippen LogP contribution is -2.48. The van der Waals surface area contributed by atoms with Gasteiger partial charge in [0.25, 0.3) is 0 Å². The molecule has 0 aliphatic rings. The molecule has 1 atom stereocenters. The zero-order valence-electron chi connectivity index (χ0n) is 9.32. The van der Waals surface area contributed by atoms with Crippen molar-refractivity contribution in [3.05, 3.63) is 0 Å². The summed E-state index contributed by atoms with van der Waals surface area (Å²) >= 11 is 0. The lowest BCUT2D eigenvalue weighted by molar-refractivity contribution is -0.123. The zero-order chi connectivity index (χ0) is 11.8. The third kappa shape index (κ3) is 6.03. The topological polar surface area (TPSA) is 101 Å². The summed E-state index contributed by atoms with van der Waals surface area (Å²) in [6, 6.07) is -0.723. The van der Waals surface area contributed by atoms with Crippen molar-refractivity contribution in [1.82, 2.24) is 10.2 Å². The average Bonchev–Trinajstić information content (AvgIpc) is 2.16. The predicted octanol–water partition coefficient (Wildman–Crippen LogP) is -1.74. The van der Waals surface area contributed by atoms with Gasteiger partial charge in [0.2, 0.25) is 11.8 Å². The highest BCUT2D eigenvalue weighted by Gasteiger charge is 2.15. The zero-order valence-corrected chi connectivity index (χ0v) is 9.32. The molecule has 0 bridgehead atoms. The van der Waals surface area contributed by atoms with Crippen LogP contribution in [0.4, 0.5) is 0 Å². The van der Waals surface area contributed by atoms with Gasteiger partial charge in [0.05, 0.1) is 12.6 Å². The molecule has 0 saturated carbocycles. The number of carbonyl (C=O) groups is 2. The number of nitrogens with one attached hydrogen (secondary N) is 1. The van der Waals surface area contributed by atoms with E-state index in [0.717, 1.165) is 0 Å². The van der Waals surface area contributed by atoms with Gasteiger partial charge in [-0.1, -0.05) is 6.92 Å². The molecule has 0 rings (SSSR count). The van der Waals surface area contributed by atoms with Crippen LogP contribution in [0.3, 0.4) is 0 Å². The van der Waals surface area contributed by atoms with E-state index < -0.39 is 11.9 Å². The molecule has 0 aliphatic carbocycles. The van der Waals surface area contributed by atoms with Gasteiger partial charge in [0, 0.05) is 13.1 Å². The molecule has 0 spiro atoms. The van der Waals surface area contributed by atoms with E-state index in [9.17, 15) is 9.59 Å². The molecule has 88 valence electrons. The van der Waals surface area contributed by atoms with Crippen LogP contribution in [0.15, 0.2) is 0 Å². The van der Waals surface area contributed by atoms with Gasteiger partial charge in [-0.15, -0.1) is 0 Å². The fraction of sp³-hybridized carbons (Fsp3) is 0.778. The molecule has 0 aromatic carbocycles. The number of primary amides is 1. The van der Waals surface area contributed by atoms with E-state index in [0.29, 0.717) is 19.6 Å². The van der Waals surface area contributed by atoms with Crippen LogP contribution in [0.1, 0.15) is 13.8 Å². The summed E-state index contributed by atoms with van der Waals surface area (Å²) in [5.74, 6) is -0.625. The molecule has 0 heterocycles. The maximum atomic E-state index is 11.3. The van der Waals surface area contributed by atoms with Gasteiger partial charge in [-0.25, -0.2) is 0 Å². The molecule has 15 heavy (non-hydrogen) atoms. The number of nitrogens with two attached hydrogens (primary N) is 2. The lowest BCUT2D eigenvalue weighted by Gasteiger charge is -2.21. The highest BCUT2D eigenvalue weighted by Crippen LogP contribution is 1.90. The van der Waals surface area contributed by atoms with Gasteiger partial charge in [0.15, 0.2) is 0 Å². The van der Waals surface area contributed by atoms with Crippen molar-refractivity contribution in [3.8, 4) is 0 Å². The van der Waals surface area contributed by atoms with Crippen molar-refractivity contribution in [1.29, 1.82) is 0 Å². The number of rotatable bonds is 7. The fourth-order valence-corrected chi connectivity index (χ4v) is 1.13. The number of amides is 2. The van der Waals surface area contributed by atoms with Crippen LogP contribution in [-0.4, -0.2) is 48.9 Å². The number of likely N-dealkylation sites (N-methyl/N-ethyl adjacent to an activating group) is 2. The first-order valence-corrected chi connectivity index (χ1v) is 5.05. The highest BCUT2D eigenvalue weighted by atomic mass is 16.2. The molecule has 2 amide bonds. The highest BCUT2D eigenvalue weighted by molar-refractivity contribution is 5.80. The first kappa shape index (κ1) is 13.9. The van der Waals surface area contributed by atoms with Crippen LogP contribution in [0, 0.1) is 0 Å². The summed E-state index contributed by atoms with van der Waals surface area (Å²) in [5.41, 5.74) is 10.5. The SMILES string of the molecule is CCNC(=O)CN(CC)CC(N)C(N)=O. The van der Waals surface area contributed by atoms with Gasteiger partial charge in [-0.3, -0.25) is 14.5 Å². The van der Waals surface area contributed by atoms with Crippen molar-refractivity contribution in [2.45, 2.75) is 19.9 Å². The Morgan fingerprint density at radius 1 is 1.40 bits per heavy atom. The van der Waals surface area contributed by atoms with Crippen molar-refractivity contribution < 1.29 is 9.59 Å². The van der Waals surface area contributed by atoms with Crippen molar-refractivity contribution in [2.24, 2.45) is 11.5 Å². The van der Waals surface area contributed by atoms with Crippen LogP contribution in [0.5, 0.6) is 0 Å². The summed E-state index contributed by atoms with van der Waals surface area (Å²) < 4.78 is 0. The predicted molar refractivity (Wildman–Crippen MR) is 58.0 cm³/mol. The van der Waals surface area contributed by atoms with E-state index in [1.165, 1.54) is 0 Å². The monoisotopic (exact) mass is 216 g/mol. The van der Waals surface area contributed by atoms with E-state index in [-0.39, 0.29) is 12.5 Å². The minimum atomic E-state index is -0.723. The normalized spacial score (nSPS) is 12.5. The summed E-state index contributed by atoms with van der Waals surface area (Å²) in [4.78, 5) is 23.8. The summed E-state index contributed by atoms with van der Waals surface area (Å²) in [7, 11) is 0. The number of nitrogens with zero attached hydrogens (tertiary/aromatic N) is 1. The molecule has 0 fully saturated rings. The fourth-order valence-electron chi connectivity index (χ4n) is 1.13. The minimum Gasteiger partial charge on any atom is -0.368 e. The molecular weight excluding hydrogens is 196 g/mol. The quantitative estimate of drug-likeness (QED) is 0.470. The Hall–Kier alpha value is -1.14. The maximum absolute atomic E-state index is 11.3. The van der Waals surface area contributed by atoms with Gasteiger partial charge in [-0.2, -0.15) is 0 Å². The van der Waals surface area contributed by atoms with Gasteiger partial charge in [0.1, 0.15) is 0 Å². The Bertz CT molecular complexity index is 220. The third-order valence-electron chi connectivity index (χ3n) is 2.01. The van der Waals surface area contributed by atoms with E-state index in [1.807, 2.05) is 13.8 Å². The number of carbonyl (C=O) groups excluding carboxylic acids is 2. The maximum Gasteiger partial charge on any atom is 0.235 e. The lowest BCUT2D eigenvalue weighted by atomic mass is 10.2. The number of hydrogen-bond donors (Lipinski definition) is 3.